The second kappa shape index (κ2) is 7.26. The molecule has 2 fully saturated rings. The van der Waals surface area contributed by atoms with E-state index in [1.165, 1.54) is 16.7 Å². The van der Waals surface area contributed by atoms with Gasteiger partial charge in [-0.05, 0) is 64.5 Å². The molecule has 0 aromatic heterocycles. The van der Waals surface area contributed by atoms with E-state index < -0.39 is 11.2 Å². The van der Waals surface area contributed by atoms with Gasteiger partial charge in [-0.25, -0.2) is 0 Å². The van der Waals surface area contributed by atoms with E-state index in [0.717, 1.165) is 42.4 Å². The highest BCUT2D eigenvalue weighted by Crippen LogP contribution is 2.73. The zero-order chi connectivity index (χ0) is 23.8. The number of hydrogen-bond donors (Lipinski definition) is 0. The molecule has 2 aromatic rings. The van der Waals surface area contributed by atoms with Crippen molar-refractivity contribution >= 4 is 11.4 Å². The lowest BCUT2D eigenvalue weighted by molar-refractivity contribution is -0.285. The molecular weight excluding hydrogens is 420 g/mol. The van der Waals surface area contributed by atoms with Crippen molar-refractivity contribution in [2.24, 2.45) is 10.8 Å². The number of carbonyl (C=O) groups is 1. The second-order valence-electron chi connectivity index (χ2n) is 11.6. The quantitative estimate of drug-likeness (QED) is 0.477. The van der Waals surface area contributed by atoms with Crippen LogP contribution in [0.5, 0.6) is 0 Å². The molecule has 1 saturated carbocycles. The summed E-state index contributed by atoms with van der Waals surface area (Å²) in [6.07, 6.45) is 3.49. The summed E-state index contributed by atoms with van der Waals surface area (Å²) in [5.41, 5.74) is 6.37. The van der Waals surface area contributed by atoms with Gasteiger partial charge in [-0.15, -0.1) is 0 Å². The Kier molecular flexibility index (Phi) is 4.70. The molecule has 3 heteroatoms. The number of carbonyl (C=O) groups excluding carboxylic acids is 1. The number of allylic oxidation sites excluding steroid dienone is 4. The van der Waals surface area contributed by atoms with Gasteiger partial charge in [0.25, 0.3) is 0 Å². The second-order valence-corrected chi connectivity index (χ2v) is 11.6. The van der Waals surface area contributed by atoms with E-state index in [1.54, 1.807) is 0 Å². The molecule has 6 rings (SSSR count). The van der Waals surface area contributed by atoms with Crippen molar-refractivity contribution in [2.45, 2.75) is 64.6 Å². The highest BCUT2D eigenvalue weighted by atomic mass is 16.7. The third-order valence-corrected chi connectivity index (χ3v) is 9.15. The third-order valence-electron chi connectivity index (χ3n) is 9.15. The highest BCUT2D eigenvalue weighted by Gasteiger charge is 2.71. The van der Waals surface area contributed by atoms with Gasteiger partial charge in [-0.3, -0.25) is 4.79 Å². The van der Waals surface area contributed by atoms with Gasteiger partial charge >= 0.3 is 0 Å². The van der Waals surface area contributed by atoms with Crippen LogP contribution in [0.2, 0.25) is 0 Å². The molecule has 34 heavy (non-hydrogen) atoms. The van der Waals surface area contributed by atoms with Gasteiger partial charge < -0.3 is 9.47 Å². The van der Waals surface area contributed by atoms with Crippen molar-refractivity contribution in [3.05, 3.63) is 88.5 Å². The maximum absolute atomic E-state index is 14.8. The molecule has 0 bridgehead atoms. The van der Waals surface area contributed by atoms with Crippen molar-refractivity contribution in [3.63, 3.8) is 0 Å². The minimum absolute atomic E-state index is 0.100. The largest absolute Gasteiger partial charge is 0.350 e. The number of hydrogen-bond acceptors (Lipinski definition) is 3. The van der Waals surface area contributed by atoms with Crippen LogP contribution < -0.4 is 0 Å². The van der Waals surface area contributed by atoms with Gasteiger partial charge in [0, 0.05) is 16.4 Å². The van der Waals surface area contributed by atoms with Crippen LogP contribution >= 0.6 is 0 Å². The van der Waals surface area contributed by atoms with Crippen molar-refractivity contribution in [1.29, 1.82) is 0 Å². The van der Waals surface area contributed by atoms with Gasteiger partial charge in [-0.2, -0.15) is 0 Å². The number of ketones is 1. The number of Topliss-reactive ketones (excluding diaryl/α,β-unsaturated/α-hetero) is 1. The lowest BCUT2D eigenvalue weighted by atomic mass is 9.51. The van der Waals surface area contributed by atoms with E-state index in [-0.39, 0.29) is 10.8 Å². The standard InChI is InChI=1S/C31H34O3/c1-21-15-30-18-29(19-33-28(3,4)34-20-29)17-25(30)26(23-11-7-5-8-12-23)27(32)31(30,16-22(21)2)24-13-9-6-10-14-24/h5-14H,15-20H2,1-4H3/t30-,31+/m1/s1. The van der Waals surface area contributed by atoms with E-state index in [0.29, 0.717) is 19.0 Å². The maximum atomic E-state index is 14.8. The Labute approximate surface area is 202 Å². The zero-order valence-corrected chi connectivity index (χ0v) is 20.7. The number of ether oxygens (including phenoxy) is 2. The first-order valence-corrected chi connectivity index (χ1v) is 12.5. The number of benzene rings is 2. The summed E-state index contributed by atoms with van der Waals surface area (Å²) in [4.78, 5) is 14.8. The average Bonchev–Trinajstić information content (AvgIpc) is 3.23. The van der Waals surface area contributed by atoms with Crippen molar-refractivity contribution in [2.75, 3.05) is 13.2 Å². The van der Waals surface area contributed by atoms with Gasteiger partial charge in [0.05, 0.1) is 18.6 Å². The Morgan fingerprint density at radius 3 is 2.00 bits per heavy atom. The summed E-state index contributed by atoms with van der Waals surface area (Å²) in [7, 11) is 0. The van der Waals surface area contributed by atoms with Crippen LogP contribution in [-0.4, -0.2) is 24.8 Å². The molecule has 0 unspecified atom stereocenters. The molecule has 2 spiro atoms. The van der Waals surface area contributed by atoms with Crippen molar-refractivity contribution in [3.8, 4) is 0 Å². The normalized spacial score (nSPS) is 31.7. The predicted molar refractivity (Wildman–Crippen MR) is 134 cm³/mol. The lowest BCUT2D eigenvalue weighted by Gasteiger charge is -2.51. The fourth-order valence-corrected chi connectivity index (χ4v) is 7.46. The van der Waals surface area contributed by atoms with Crippen molar-refractivity contribution in [1.82, 2.24) is 0 Å². The fraction of sp³-hybridized carbons (Fsp3) is 0.452. The molecule has 4 aliphatic rings. The first kappa shape index (κ1) is 22.0. The first-order chi connectivity index (χ1) is 16.2. The molecule has 2 atom stereocenters. The molecule has 1 heterocycles. The Hall–Kier alpha value is -2.49. The monoisotopic (exact) mass is 454 g/mol. The van der Waals surface area contributed by atoms with Crippen LogP contribution in [0.1, 0.15) is 64.5 Å². The minimum Gasteiger partial charge on any atom is -0.350 e. The zero-order valence-electron chi connectivity index (χ0n) is 20.7. The minimum atomic E-state index is -0.575. The molecule has 176 valence electrons. The molecule has 0 N–H and O–H groups in total. The Bertz CT molecular complexity index is 1210. The highest BCUT2D eigenvalue weighted by molar-refractivity contribution is 6.30. The van der Waals surface area contributed by atoms with Crippen LogP contribution in [0.25, 0.3) is 5.57 Å². The Morgan fingerprint density at radius 2 is 1.35 bits per heavy atom. The lowest BCUT2D eigenvalue weighted by Crippen LogP contribution is -2.52. The molecule has 3 nitrogen and oxygen atoms in total. The molecule has 2 aromatic carbocycles. The van der Waals surface area contributed by atoms with Crippen LogP contribution in [-0.2, 0) is 19.7 Å². The number of rotatable bonds is 2. The van der Waals surface area contributed by atoms with Crippen LogP contribution in [0.4, 0.5) is 0 Å². The smallest absolute Gasteiger partial charge is 0.175 e. The molecule has 0 amide bonds. The van der Waals surface area contributed by atoms with Crippen molar-refractivity contribution < 1.29 is 14.3 Å². The molecule has 1 saturated heterocycles. The summed E-state index contributed by atoms with van der Waals surface area (Å²) in [6.45, 7) is 9.83. The summed E-state index contributed by atoms with van der Waals surface area (Å²) in [5, 5.41) is 0. The summed E-state index contributed by atoms with van der Waals surface area (Å²) >= 11 is 0. The van der Waals surface area contributed by atoms with Gasteiger partial charge in [0.1, 0.15) is 0 Å². The van der Waals surface area contributed by atoms with Crippen LogP contribution in [0.15, 0.2) is 77.4 Å². The molecule has 3 aliphatic carbocycles. The van der Waals surface area contributed by atoms with Gasteiger partial charge in [-0.1, -0.05) is 77.4 Å². The molecule has 1 aliphatic heterocycles. The SMILES string of the molecule is CC1=C(C)C[C@]2(c3ccccc3)C(=O)C(c3ccccc3)=C3CC4(COC(C)(C)OC4)C[C@]32C1. The van der Waals surface area contributed by atoms with Crippen LogP contribution in [0.3, 0.4) is 0 Å². The van der Waals surface area contributed by atoms with E-state index in [1.807, 2.05) is 19.9 Å². The topological polar surface area (TPSA) is 35.5 Å². The third kappa shape index (κ3) is 2.86. The van der Waals surface area contributed by atoms with Gasteiger partial charge in [0.2, 0.25) is 0 Å². The molecule has 0 radical (unpaired) electrons. The Morgan fingerprint density at radius 1 is 0.765 bits per heavy atom. The van der Waals surface area contributed by atoms with E-state index in [9.17, 15) is 4.79 Å². The molecular formula is C31H34O3. The average molecular weight is 455 g/mol. The Balaban J connectivity index is 1.62. The maximum Gasteiger partial charge on any atom is 0.175 e. The first-order valence-electron chi connectivity index (χ1n) is 12.5. The summed E-state index contributed by atoms with van der Waals surface area (Å²) in [5.74, 6) is -0.248. The summed E-state index contributed by atoms with van der Waals surface area (Å²) < 4.78 is 12.5. The van der Waals surface area contributed by atoms with E-state index in [4.69, 9.17) is 9.47 Å². The predicted octanol–water partition coefficient (Wildman–Crippen LogP) is 6.64. The fourth-order valence-electron chi connectivity index (χ4n) is 7.46. The van der Waals surface area contributed by atoms with Gasteiger partial charge in [0.15, 0.2) is 11.6 Å². The van der Waals surface area contributed by atoms with E-state index >= 15 is 0 Å². The van der Waals surface area contributed by atoms with E-state index in [2.05, 4.69) is 68.4 Å². The van der Waals surface area contributed by atoms with Crippen LogP contribution in [0, 0.1) is 10.8 Å². The summed E-state index contributed by atoms with van der Waals surface area (Å²) in [6, 6.07) is 20.9.